The highest BCUT2D eigenvalue weighted by atomic mass is 32.1. The first-order valence-corrected chi connectivity index (χ1v) is 7.00. The first kappa shape index (κ1) is 14.1. The number of hydrogen-bond donors (Lipinski definition) is 1. The van der Waals surface area contributed by atoms with Crippen molar-refractivity contribution in [3.05, 3.63) is 39.8 Å². The van der Waals surface area contributed by atoms with E-state index in [-0.39, 0.29) is 11.5 Å². The molecular weight excluding hydrogens is 256 g/mol. The Labute approximate surface area is 119 Å². The van der Waals surface area contributed by atoms with Crippen LogP contribution in [0.2, 0.25) is 0 Å². The summed E-state index contributed by atoms with van der Waals surface area (Å²) < 4.78 is 8.59. The Bertz CT molecular complexity index is 640. The van der Waals surface area contributed by atoms with Crippen molar-refractivity contribution in [2.45, 2.75) is 53.0 Å². The van der Waals surface area contributed by atoms with Crippen molar-refractivity contribution in [2.75, 3.05) is 0 Å². The van der Waals surface area contributed by atoms with Crippen LogP contribution in [0.25, 0.3) is 0 Å². The lowest BCUT2D eigenvalue weighted by Crippen LogP contribution is -2.20. The average Bonchev–Trinajstić information content (AvgIpc) is 2.80. The second-order valence-corrected chi connectivity index (χ2v) is 6.53. The molecule has 2 rings (SSSR count). The number of nitrogens with one attached hydrogen (secondary N) is 1. The second-order valence-electron chi connectivity index (χ2n) is 6.14. The quantitative estimate of drug-likeness (QED) is 0.810. The van der Waals surface area contributed by atoms with Crippen molar-refractivity contribution in [2.24, 2.45) is 0 Å². The lowest BCUT2D eigenvalue weighted by Gasteiger charge is -2.24. The second kappa shape index (κ2) is 4.67. The maximum absolute atomic E-state index is 5.64. The number of aromatic nitrogens is 2. The van der Waals surface area contributed by atoms with E-state index in [1.807, 2.05) is 20.0 Å². The zero-order chi connectivity index (χ0) is 14.4. The van der Waals surface area contributed by atoms with Crippen molar-refractivity contribution < 1.29 is 4.42 Å². The highest BCUT2D eigenvalue weighted by molar-refractivity contribution is 7.71. The molecule has 4 heteroatoms. The molecule has 0 saturated carbocycles. The molecule has 2 aromatic heterocycles. The van der Waals surface area contributed by atoms with E-state index in [9.17, 15) is 0 Å². The average molecular weight is 278 g/mol. The molecule has 1 N–H and O–H groups in total. The van der Waals surface area contributed by atoms with Crippen LogP contribution in [0.15, 0.2) is 16.7 Å². The minimum Gasteiger partial charge on any atom is -0.466 e. The standard InChI is InChI=1S/C15H22N2OS/c1-9-7-12(11(3)18-9)10(2)17-13(15(4,5)6)8-16-14(17)19/h7-8,10H,1-6H3,(H,16,19). The van der Waals surface area contributed by atoms with Gasteiger partial charge in [-0.15, -0.1) is 0 Å². The van der Waals surface area contributed by atoms with E-state index < -0.39 is 0 Å². The van der Waals surface area contributed by atoms with Crippen LogP contribution in [0.1, 0.15) is 56.5 Å². The van der Waals surface area contributed by atoms with Crippen molar-refractivity contribution in [3.63, 3.8) is 0 Å². The maximum atomic E-state index is 5.64. The number of nitrogens with zero attached hydrogens (tertiary/aromatic N) is 1. The van der Waals surface area contributed by atoms with Gasteiger partial charge in [0.15, 0.2) is 4.77 Å². The Balaban J connectivity index is 2.56. The summed E-state index contributed by atoms with van der Waals surface area (Å²) in [5.74, 6) is 1.91. The van der Waals surface area contributed by atoms with Crippen molar-refractivity contribution in [1.29, 1.82) is 0 Å². The number of furan rings is 1. The predicted molar refractivity (Wildman–Crippen MR) is 80.3 cm³/mol. The number of aryl methyl sites for hydroxylation is 2. The Hall–Kier alpha value is -1.29. The number of H-pyrrole nitrogens is 1. The fraction of sp³-hybridized carbons (Fsp3) is 0.533. The summed E-state index contributed by atoms with van der Waals surface area (Å²) in [6.07, 6.45) is 2.01. The molecule has 0 bridgehead atoms. The number of hydrogen-bond acceptors (Lipinski definition) is 2. The van der Waals surface area contributed by atoms with Gasteiger partial charge in [-0.3, -0.25) is 0 Å². The monoisotopic (exact) mass is 278 g/mol. The van der Waals surface area contributed by atoms with Gasteiger partial charge < -0.3 is 14.0 Å². The Kier molecular flexibility index (Phi) is 3.47. The summed E-state index contributed by atoms with van der Waals surface area (Å²) >= 11 is 5.44. The van der Waals surface area contributed by atoms with Crippen molar-refractivity contribution in [1.82, 2.24) is 9.55 Å². The smallest absolute Gasteiger partial charge is 0.177 e. The lowest BCUT2D eigenvalue weighted by molar-refractivity contribution is 0.475. The Morgan fingerprint density at radius 2 is 1.95 bits per heavy atom. The predicted octanol–water partition coefficient (Wildman–Crippen LogP) is 4.66. The van der Waals surface area contributed by atoms with Gasteiger partial charge in [-0.1, -0.05) is 20.8 Å². The van der Waals surface area contributed by atoms with Crippen LogP contribution in [0.3, 0.4) is 0 Å². The molecule has 0 aliphatic heterocycles. The lowest BCUT2D eigenvalue weighted by atomic mass is 9.92. The summed E-state index contributed by atoms with van der Waals surface area (Å²) in [5, 5.41) is 0. The third-order valence-electron chi connectivity index (χ3n) is 3.50. The van der Waals surface area contributed by atoms with Crippen LogP contribution in [0.5, 0.6) is 0 Å². The van der Waals surface area contributed by atoms with Crippen LogP contribution >= 0.6 is 12.2 Å². The topological polar surface area (TPSA) is 33.9 Å². The molecule has 1 atom stereocenters. The number of rotatable bonds is 2. The molecule has 0 saturated heterocycles. The summed E-state index contributed by atoms with van der Waals surface area (Å²) in [6.45, 7) is 12.7. The van der Waals surface area contributed by atoms with Gasteiger partial charge in [0.2, 0.25) is 0 Å². The summed E-state index contributed by atoms with van der Waals surface area (Å²) in [6, 6.07) is 2.27. The third-order valence-corrected chi connectivity index (χ3v) is 3.81. The van der Waals surface area contributed by atoms with Crippen LogP contribution < -0.4 is 0 Å². The maximum Gasteiger partial charge on any atom is 0.177 e. The third kappa shape index (κ3) is 2.54. The van der Waals surface area contributed by atoms with Gasteiger partial charge in [-0.05, 0) is 39.1 Å². The van der Waals surface area contributed by atoms with Crippen molar-refractivity contribution >= 4 is 12.2 Å². The molecule has 0 amide bonds. The summed E-state index contributed by atoms with van der Waals surface area (Å²) in [7, 11) is 0. The van der Waals surface area contributed by atoms with E-state index in [1.54, 1.807) is 0 Å². The van der Waals surface area contributed by atoms with Gasteiger partial charge in [0, 0.05) is 22.9 Å². The number of aromatic amines is 1. The minimum atomic E-state index is 0.0501. The molecule has 0 aromatic carbocycles. The van der Waals surface area contributed by atoms with E-state index in [1.165, 1.54) is 11.3 Å². The molecule has 19 heavy (non-hydrogen) atoms. The molecule has 2 heterocycles. The SMILES string of the molecule is Cc1cc(C(C)n2c(C(C)(C)C)c[nH]c2=S)c(C)o1. The molecule has 0 aliphatic rings. The molecule has 2 aromatic rings. The highest BCUT2D eigenvalue weighted by Gasteiger charge is 2.24. The van der Waals surface area contributed by atoms with E-state index in [0.717, 1.165) is 16.3 Å². The van der Waals surface area contributed by atoms with E-state index in [4.69, 9.17) is 16.6 Å². The normalized spacial score (nSPS) is 13.8. The van der Waals surface area contributed by atoms with Crippen LogP contribution in [0.4, 0.5) is 0 Å². The van der Waals surface area contributed by atoms with E-state index >= 15 is 0 Å². The van der Waals surface area contributed by atoms with Crippen LogP contribution in [0, 0.1) is 18.6 Å². The molecule has 0 fully saturated rings. The zero-order valence-corrected chi connectivity index (χ0v) is 13.3. The van der Waals surface area contributed by atoms with Crippen LogP contribution in [-0.2, 0) is 5.41 Å². The summed E-state index contributed by atoms with van der Waals surface area (Å²) in [4.78, 5) is 3.17. The molecule has 0 aliphatic carbocycles. The first-order chi connectivity index (χ1) is 8.71. The van der Waals surface area contributed by atoms with Crippen LogP contribution in [-0.4, -0.2) is 9.55 Å². The van der Waals surface area contributed by atoms with Gasteiger partial charge in [-0.25, -0.2) is 0 Å². The van der Waals surface area contributed by atoms with E-state index in [0.29, 0.717) is 0 Å². The van der Waals surface area contributed by atoms with Gasteiger partial charge in [0.25, 0.3) is 0 Å². The number of imidazole rings is 1. The fourth-order valence-corrected chi connectivity index (χ4v) is 2.86. The molecule has 3 nitrogen and oxygen atoms in total. The highest BCUT2D eigenvalue weighted by Crippen LogP contribution is 2.30. The minimum absolute atomic E-state index is 0.0501. The van der Waals surface area contributed by atoms with Gasteiger partial charge in [0.1, 0.15) is 11.5 Å². The molecule has 0 spiro atoms. The molecule has 0 radical (unpaired) electrons. The fourth-order valence-electron chi connectivity index (χ4n) is 2.55. The van der Waals surface area contributed by atoms with Gasteiger partial charge >= 0.3 is 0 Å². The summed E-state index contributed by atoms with van der Waals surface area (Å²) in [5.41, 5.74) is 2.45. The molecule has 104 valence electrons. The first-order valence-electron chi connectivity index (χ1n) is 6.59. The Morgan fingerprint density at radius 3 is 2.42 bits per heavy atom. The van der Waals surface area contributed by atoms with Gasteiger partial charge in [-0.2, -0.15) is 0 Å². The molecular formula is C15H22N2OS. The van der Waals surface area contributed by atoms with E-state index in [2.05, 4.69) is 43.3 Å². The molecule has 1 unspecified atom stereocenters. The largest absolute Gasteiger partial charge is 0.466 e. The van der Waals surface area contributed by atoms with Crippen molar-refractivity contribution in [3.8, 4) is 0 Å². The Morgan fingerprint density at radius 1 is 1.32 bits per heavy atom. The van der Waals surface area contributed by atoms with Gasteiger partial charge in [0.05, 0.1) is 6.04 Å². The zero-order valence-electron chi connectivity index (χ0n) is 12.5.